The fourth-order valence-corrected chi connectivity index (χ4v) is 4.19. The van der Waals surface area contributed by atoms with Crippen molar-refractivity contribution < 1.29 is 18.8 Å². The van der Waals surface area contributed by atoms with E-state index in [0.29, 0.717) is 35.7 Å². The highest BCUT2D eigenvalue weighted by Crippen LogP contribution is 2.36. The average molecular weight is 421 g/mol. The zero-order valence-electron chi connectivity index (χ0n) is 17.6. The number of fused-ring (bicyclic) bond motifs is 1. The molecule has 2 N–H and O–H groups in total. The van der Waals surface area contributed by atoms with Crippen LogP contribution in [0.5, 0.6) is 0 Å². The second kappa shape index (κ2) is 9.75. The van der Waals surface area contributed by atoms with Crippen LogP contribution in [-0.4, -0.2) is 37.2 Å². The molecule has 3 aromatic rings. The number of anilines is 1. The summed E-state index contributed by atoms with van der Waals surface area (Å²) in [5.74, 6) is 0.547. The molecule has 7 nitrogen and oxygen atoms in total. The molecule has 2 amide bonds. The first-order valence-corrected chi connectivity index (χ1v) is 10.7. The van der Waals surface area contributed by atoms with Crippen LogP contribution >= 0.6 is 0 Å². The van der Waals surface area contributed by atoms with Gasteiger partial charge < -0.3 is 19.9 Å². The predicted molar refractivity (Wildman–Crippen MR) is 118 cm³/mol. The molecule has 0 spiro atoms. The van der Waals surface area contributed by atoms with Crippen LogP contribution in [0.2, 0.25) is 0 Å². The maximum Gasteiger partial charge on any atom is 0.294 e. The molecule has 0 unspecified atom stereocenters. The standard InChI is InChI=1S/C24H27N3O4/c1-30-15-14-25-23(28)18-8-6-16(7-9-18)17-10-12-19(13-11-17)26-24(29)22-20-4-2-3-5-21(20)27-31-22/h2-5,10-13,16,18H,6-9,14-15H2,1H3,(H,25,28)(H,26,29)/t16-,18-. The molecule has 1 aliphatic rings. The molecule has 4 rings (SSSR count). The summed E-state index contributed by atoms with van der Waals surface area (Å²) in [7, 11) is 1.63. The Morgan fingerprint density at radius 1 is 1.06 bits per heavy atom. The number of benzene rings is 2. The molecule has 1 aromatic heterocycles. The van der Waals surface area contributed by atoms with Gasteiger partial charge in [0.2, 0.25) is 11.7 Å². The van der Waals surface area contributed by atoms with Gasteiger partial charge in [-0.3, -0.25) is 9.59 Å². The van der Waals surface area contributed by atoms with Crippen molar-refractivity contribution in [3.63, 3.8) is 0 Å². The zero-order chi connectivity index (χ0) is 21.6. The maximum atomic E-state index is 12.6. The molecule has 0 atom stereocenters. The van der Waals surface area contributed by atoms with E-state index in [9.17, 15) is 9.59 Å². The van der Waals surface area contributed by atoms with Gasteiger partial charge in [-0.1, -0.05) is 29.4 Å². The summed E-state index contributed by atoms with van der Waals surface area (Å²) in [5.41, 5.74) is 2.60. The van der Waals surface area contributed by atoms with E-state index >= 15 is 0 Å². The number of hydrogen-bond donors (Lipinski definition) is 2. The largest absolute Gasteiger partial charge is 0.383 e. The van der Waals surface area contributed by atoms with E-state index in [1.54, 1.807) is 7.11 Å². The lowest BCUT2D eigenvalue weighted by Crippen LogP contribution is -2.34. The van der Waals surface area contributed by atoms with Crippen LogP contribution in [0.25, 0.3) is 10.9 Å². The first-order chi connectivity index (χ1) is 15.2. The lowest BCUT2D eigenvalue weighted by molar-refractivity contribution is -0.126. The van der Waals surface area contributed by atoms with Gasteiger partial charge in [0, 0.05) is 25.3 Å². The van der Waals surface area contributed by atoms with Gasteiger partial charge in [-0.2, -0.15) is 0 Å². The van der Waals surface area contributed by atoms with Gasteiger partial charge in [-0.15, -0.1) is 0 Å². The SMILES string of the molecule is COCCNC(=O)[C@H]1CC[C@H](c2ccc(NC(=O)c3onc4ccccc34)cc2)CC1. The second-order valence-electron chi connectivity index (χ2n) is 7.94. The van der Waals surface area contributed by atoms with Crippen LogP contribution in [0, 0.1) is 5.92 Å². The normalized spacial score (nSPS) is 18.6. The minimum atomic E-state index is -0.318. The quantitative estimate of drug-likeness (QED) is 0.560. The van der Waals surface area contributed by atoms with E-state index < -0.39 is 0 Å². The average Bonchev–Trinajstić information content (AvgIpc) is 3.24. The van der Waals surface area contributed by atoms with Crippen LogP contribution in [0.3, 0.4) is 0 Å². The Morgan fingerprint density at radius 2 is 1.81 bits per heavy atom. The second-order valence-corrected chi connectivity index (χ2v) is 7.94. The summed E-state index contributed by atoms with van der Waals surface area (Å²) in [5, 5.41) is 10.4. The molecule has 1 saturated carbocycles. The number of nitrogens with zero attached hydrogens (tertiary/aromatic N) is 1. The van der Waals surface area contributed by atoms with Crippen LogP contribution in [-0.2, 0) is 9.53 Å². The highest BCUT2D eigenvalue weighted by Gasteiger charge is 2.27. The molecule has 0 aliphatic heterocycles. The highest BCUT2D eigenvalue weighted by molar-refractivity contribution is 6.10. The summed E-state index contributed by atoms with van der Waals surface area (Å²) >= 11 is 0. The van der Waals surface area contributed by atoms with E-state index in [1.165, 1.54) is 5.56 Å². The number of aromatic nitrogens is 1. The molecule has 0 saturated heterocycles. The Kier molecular flexibility index (Phi) is 6.62. The summed E-state index contributed by atoms with van der Waals surface area (Å²) in [6.07, 6.45) is 3.75. The molecular weight excluding hydrogens is 394 g/mol. The molecule has 0 bridgehead atoms. The molecule has 7 heteroatoms. The van der Waals surface area contributed by atoms with Gasteiger partial charge in [-0.25, -0.2) is 0 Å². The highest BCUT2D eigenvalue weighted by atomic mass is 16.5. The van der Waals surface area contributed by atoms with Gasteiger partial charge in [0.1, 0.15) is 5.52 Å². The summed E-state index contributed by atoms with van der Waals surface area (Å²) in [6, 6.07) is 15.3. The van der Waals surface area contributed by atoms with Gasteiger partial charge in [0.25, 0.3) is 5.91 Å². The van der Waals surface area contributed by atoms with Crippen molar-refractivity contribution in [1.82, 2.24) is 10.5 Å². The van der Waals surface area contributed by atoms with Crippen molar-refractivity contribution in [3.05, 3.63) is 59.9 Å². The molecular formula is C24H27N3O4. The number of amides is 2. The third-order valence-corrected chi connectivity index (χ3v) is 5.93. The number of ether oxygens (including phenoxy) is 1. The maximum absolute atomic E-state index is 12.6. The van der Waals surface area contributed by atoms with Gasteiger partial charge in [0.05, 0.1) is 12.0 Å². The Hall–Kier alpha value is -3.19. The number of rotatable bonds is 7. The molecule has 1 fully saturated rings. The number of methoxy groups -OCH3 is 1. The van der Waals surface area contributed by atoms with Gasteiger partial charge in [0.15, 0.2) is 0 Å². The van der Waals surface area contributed by atoms with E-state index in [4.69, 9.17) is 9.26 Å². The molecule has 0 radical (unpaired) electrons. The lowest BCUT2D eigenvalue weighted by atomic mass is 9.78. The zero-order valence-corrected chi connectivity index (χ0v) is 17.6. The van der Waals surface area contributed by atoms with Gasteiger partial charge in [-0.05, 0) is 61.4 Å². The number of hydrogen-bond acceptors (Lipinski definition) is 5. The third-order valence-electron chi connectivity index (χ3n) is 5.93. The van der Waals surface area contributed by atoms with E-state index in [-0.39, 0.29) is 23.5 Å². The van der Waals surface area contributed by atoms with Crippen molar-refractivity contribution >= 4 is 28.4 Å². The van der Waals surface area contributed by atoms with Crippen molar-refractivity contribution in [2.75, 3.05) is 25.6 Å². The smallest absolute Gasteiger partial charge is 0.294 e. The number of carbonyl (C=O) groups is 2. The fraction of sp³-hybridized carbons (Fsp3) is 0.375. The fourth-order valence-electron chi connectivity index (χ4n) is 4.19. The van der Waals surface area contributed by atoms with E-state index in [0.717, 1.165) is 25.7 Å². The summed E-state index contributed by atoms with van der Waals surface area (Å²) < 4.78 is 10.2. The van der Waals surface area contributed by atoms with Crippen LogP contribution in [0.15, 0.2) is 53.1 Å². The molecule has 162 valence electrons. The number of nitrogens with one attached hydrogen (secondary N) is 2. The third kappa shape index (κ3) is 4.94. The van der Waals surface area contributed by atoms with Crippen LogP contribution in [0.4, 0.5) is 5.69 Å². The monoisotopic (exact) mass is 421 g/mol. The molecule has 1 heterocycles. The molecule has 31 heavy (non-hydrogen) atoms. The Labute approximate surface area is 181 Å². The lowest BCUT2D eigenvalue weighted by Gasteiger charge is -2.28. The van der Waals surface area contributed by atoms with Crippen LogP contribution < -0.4 is 10.6 Å². The predicted octanol–water partition coefficient (Wildman–Crippen LogP) is 4.12. The first kappa shape index (κ1) is 21.1. The minimum absolute atomic E-state index is 0.0865. The van der Waals surface area contributed by atoms with E-state index in [1.807, 2.05) is 36.4 Å². The van der Waals surface area contributed by atoms with Crippen molar-refractivity contribution in [3.8, 4) is 0 Å². The topological polar surface area (TPSA) is 93.5 Å². The summed E-state index contributed by atoms with van der Waals surface area (Å²) in [4.78, 5) is 24.8. The summed E-state index contributed by atoms with van der Waals surface area (Å²) in [6.45, 7) is 1.10. The van der Waals surface area contributed by atoms with Crippen molar-refractivity contribution in [1.29, 1.82) is 0 Å². The minimum Gasteiger partial charge on any atom is -0.383 e. The van der Waals surface area contributed by atoms with Crippen LogP contribution in [0.1, 0.15) is 47.7 Å². The Morgan fingerprint density at radius 3 is 2.55 bits per heavy atom. The Bertz CT molecular complexity index is 1040. The molecule has 2 aromatic carbocycles. The van der Waals surface area contributed by atoms with Crippen molar-refractivity contribution in [2.24, 2.45) is 5.92 Å². The van der Waals surface area contributed by atoms with E-state index in [2.05, 4.69) is 27.9 Å². The molecule has 1 aliphatic carbocycles. The first-order valence-electron chi connectivity index (χ1n) is 10.7. The number of carbonyl (C=O) groups excluding carboxylic acids is 2. The Balaban J connectivity index is 1.32. The van der Waals surface area contributed by atoms with Crippen molar-refractivity contribution in [2.45, 2.75) is 31.6 Å². The van der Waals surface area contributed by atoms with Gasteiger partial charge >= 0.3 is 0 Å².